The zero-order valence-corrected chi connectivity index (χ0v) is 12.2. The zero-order valence-electron chi connectivity index (χ0n) is 12.2. The lowest BCUT2D eigenvalue weighted by atomic mass is 10.2. The molecule has 0 unspecified atom stereocenters. The number of ether oxygens (including phenoxy) is 1. The maximum atomic E-state index is 12.8. The Morgan fingerprint density at radius 2 is 1.95 bits per heavy atom. The summed E-state index contributed by atoms with van der Waals surface area (Å²) < 4.78 is 43.6. The van der Waals surface area contributed by atoms with E-state index in [1.807, 2.05) is 13.0 Å². The van der Waals surface area contributed by atoms with Crippen molar-refractivity contribution in [3.8, 4) is 5.75 Å². The van der Waals surface area contributed by atoms with Crippen molar-refractivity contribution in [2.75, 3.05) is 24.8 Å². The molecule has 0 bridgehead atoms. The number of alkyl halides is 3. The Hall–Kier alpha value is -2.51. The van der Waals surface area contributed by atoms with E-state index in [4.69, 9.17) is 4.74 Å². The maximum absolute atomic E-state index is 12.8. The summed E-state index contributed by atoms with van der Waals surface area (Å²) in [6.45, 7) is 1.90. The minimum atomic E-state index is -4.52. The van der Waals surface area contributed by atoms with Crippen molar-refractivity contribution in [2.24, 2.45) is 0 Å². The van der Waals surface area contributed by atoms with Crippen LogP contribution in [0.2, 0.25) is 0 Å². The molecular weight excluding hydrogens is 297 g/mol. The van der Waals surface area contributed by atoms with E-state index in [-0.39, 0.29) is 11.8 Å². The standard InChI is InChI=1S/C14H15F3N4O/c1-8-4-5-10(11(6-8)22-3)20-13-19-7-9(14(15,16)17)12(18-2)21-13/h4-7H,1-3H3,(H2,18,19,20,21). The van der Waals surface area contributed by atoms with Crippen LogP contribution in [0.1, 0.15) is 11.1 Å². The molecule has 0 aliphatic carbocycles. The number of nitrogens with one attached hydrogen (secondary N) is 2. The summed E-state index contributed by atoms with van der Waals surface area (Å²) >= 11 is 0. The highest BCUT2D eigenvalue weighted by atomic mass is 19.4. The smallest absolute Gasteiger partial charge is 0.421 e. The van der Waals surface area contributed by atoms with Crippen LogP contribution in [0.4, 0.5) is 30.6 Å². The molecule has 0 spiro atoms. The second-order valence-electron chi connectivity index (χ2n) is 4.53. The van der Waals surface area contributed by atoms with Crippen LogP contribution in [0.15, 0.2) is 24.4 Å². The molecule has 0 fully saturated rings. The summed E-state index contributed by atoms with van der Waals surface area (Å²) in [5.41, 5.74) is 0.637. The normalized spacial score (nSPS) is 11.2. The maximum Gasteiger partial charge on any atom is 0.421 e. The first-order valence-electron chi connectivity index (χ1n) is 6.39. The van der Waals surface area contributed by atoms with Crippen molar-refractivity contribution in [3.63, 3.8) is 0 Å². The van der Waals surface area contributed by atoms with Crippen molar-refractivity contribution in [2.45, 2.75) is 13.1 Å². The van der Waals surface area contributed by atoms with Crippen molar-refractivity contribution in [1.29, 1.82) is 0 Å². The van der Waals surface area contributed by atoms with E-state index in [0.717, 1.165) is 11.8 Å². The van der Waals surface area contributed by atoms with Gasteiger partial charge in [0.15, 0.2) is 0 Å². The molecule has 118 valence electrons. The van der Waals surface area contributed by atoms with Crippen LogP contribution in [0, 0.1) is 6.92 Å². The molecule has 1 aromatic carbocycles. The third kappa shape index (κ3) is 3.38. The molecule has 1 heterocycles. The molecule has 0 radical (unpaired) electrons. The monoisotopic (exact) mass is 312 g/mol. The van der Waals surface area contributed by atoms with E-state index in [1.54, 1.807) is 12.1 Å². The fourth-order valence-corrected chi connectivity index (χ4v) is 1.86. The molecule has 0 aliphatic rings. The molecule has 2 aromatic rings. The Bertz CT molecular complexity index is 674. The molecule has 1 aromatic heterocycles. The van der Waals surface area contributed by atoms with Gasteiger partial charge in [0.05, 0.1) is 12.8 Å². The number of hydrogen-bond acceptors (Lipinski definition) is 5. The van der Waals surface area contributed by atoms with Gasteiger partial charge in [0.2, 0.25) is 5.95 Å². The highest BCUT2D eigenvalue weighted by molar-refractivity contribution is 5.64. The van der Waals surface area contributed by atoms with Crippen molar-refractivity contribution < 1.29 is 17.9 Å². The van der Waals surface area contributed by atoms with Gasteiger partial charge in [-0.2, -0.15) is 18.2 Å². The van der Waals surface area contributed by atoms with Crippen molar-refractivity contribution in [3.05, 3.63) is 35.5 Å². The van der Waals surface area contributed by atoms with Gasteiger partial charge in [0.25, 0.3) is 0 Å². The Balaban J connectivity index is 2.35. The second kappa shape index (κ2) is 6.08. The molecule has 0 atom stereocenters. The summed E-state index contributed by atoms with van der Waals surface area (Å²) in [7, 11) is 2.88. The Morgan fingerprint density at radius 1 is 1.23 bits per heavy atom. The highest BCUT2D eigenvalue weighted by Crippen LogP contribution is 2.34. The van der Waals surface area contributed by atoms with Gasteiger partial charge in [-0.3, -0.25) is 0 Å². The third-order valence-corrected chi connectivity index (χ3v) is 2.93. The SMILES string of the molecule is CNc1nc(Nc2ccc(C)cc2OC)ncc1C(F)(F)F. The van der Waals surface area contributed by atoms with E-state index < -0.39 is 11.7 Å². The summed E-state index contributed by atoms with van der Waals surface area (Å²) in [6.07, 6.45) is -3.78. The zero-order chi connectivity index (χ0) is 16.3. The summed E-state index contributed by atoms with van der Waals surface area (Å²) in [4.78, 5) is 7.55. The van der Waals surface area contributed by atoms with Gasteiger partial charge in [0, 0.05) is 13.2 Å². The molecule has 2 N–H and O–H groups in total. The molecule has 2 rings (SSSR count). The van der Waals surface area contributed by atoms with Crippen LogP contribution in [-0.2, 0) is 6.18 Å². The number of benzene rings is 1. The molecular formula is C14H15F3N4O. The van der Waals surface area contributed by atoms with Crippen LogP contribution >= 0.6 is 0 Å². The van der Waals surface area contributed by atoms with E-state index in [2.05, 4.69) is 20.6 Å². The van der Waals surface area contributed by atoms with Gasteiger partial charge in [-0.15, -0.1) is 0 Å². The lowest BCUT2D eigenvalue weighted by Gasteiger charge is -2.14. The average Bonchev–Trinajstić information content (AvgIpc) is 2.47. The van der Waals surface area contributed by atoms with Crippen LogP contribution < -0.4 is 15.4 Å². The number of aromatic nitrogens is 2. The first kappa shape index (κ1) is 15.9. The molecule has 8 heteroatoms. The number of nitrogens with zero attached hydrogens (tertiary/aromatic N) is 2. The lowest BCUT2D eigenvalue weighted by Crippen LogP contribution is -2.12. The molecule has 0 aliphatic heterocycles. The van der Waals surface area contributed by atoms with E-state index in [9.17, 15) is 13.2 Å². The minimum absolute atomic E-state index is 0.0412. The third-order valence-electron chi connectivity index (χ3n) is 2.93. The van der Waals surface area contributed by atoms with E-state index >= 15 is 0 Å². The number of hydrogen-bond donors (Lipinski definition) is 2. The molecule has 22 heavy (non-hydrogen) atoms. The summed E-state index contributed by atoms with van der Waals surface area (Å²) in [5.74, 6) is 0.296. The summed E-state index contributed by atoms with van der Waals surface area (Å²) in [6, 6.07) is 5.38. The van der Waals surface area contributed by atoms with Crippen LogP contribution in [0.3, 0.4) is 0 Å². The van der Waals surface area contributed by atoms with Gasteiger partial charge in [-0.1, -0.05) is 6.07 Å². The quantitative estimate of drug-likeness (QED) is 0.903. The topological polar surface area (TPSA) is 59.1 Å². The predicted molar refractivity (Wildman–Crippen MR) is 77.6 cm³/mol. The second-order valence-corrected chi connectivity index (χ2v) is 4.53. The highest BCUT2D eigenvalue weighted by Gasteiger charge is 2.35. The average molecular weight is 312 g/mol. The molecule has 0 saturated heterocycles. The van der Waals surface area contributed by atoms with E-state index in [0.29, 0.717) is 11.4 Å². The number of methoxy groups -OCH3 is 1. The van der Waals surface area contributed by atoms with Gasteiger partial charge < -0.3 is 15.4 Å². The number of aryl methyl sites for hydroxylation is 1. The first-order chi connectivity index (χ1) is 10.3. The van der Waals surface area contributed by atoms with Crippen LogP contribution in [-0.4, -0.2) is 24.1 Å². The minimum Gasteiger partial charge on any atom is -0.495 e. The molecule has 0 amide bonds. The number of rotatable bonds is 4. The predicted octanol–water partition coefficient (Wildman–Crippen LogP) is 3.60. The lowest BCUT2D eigenvalue weighted by molar-refractivity contribution is -0.137. The molecule has 5 nitrogen and oxygen atoms in total. The number of halogens is 3. The van der Waals surface area contributed by atoms with Crippen molar-refractivity contribution in [1.82, 2.24) is 9.97 Å². The fraction of sp³-hybridized carbons (Fsp3) is 0.286. The molecule has 0 saturated carbocycles. The van der Waals surface area contributed by atoms with Gasteiger partial charge >= 0.3 is 6.18 Å². The van der Waals surface area contributed by atoms with E-state index in [1.165, 1.54) is 14.2 Å². The Morgan fingerprint density at radius 3 is 2.55 bits per heavy atom. The first-order valence-corrected chi connectivity index (χ1v) is 6.39. The Kier molecular flexibility index (Phi) is 4.39. The van der Waals surface area contributed by atoms with Gasteiger partial charge in [-0.05, 0) is 24.6 Å². The summed E-state index contributed by atoms with van der Waals surface area (Å²) in [5, 5.41) is 5.27. The van der Waals surface area contributed by atoms with Crippen LogP contribution in [0.5, 0.6) is 5.75 Å². The number of anilines is 3. The van der Waals surface area contributed by atoms with Crippen molar-refractivity contribution >= 4 is 17.5 Å². The Labute approximate surface area is 125 Å². The largest absolute Gasteiger partial charge is 0.495 e. The fourth-order valence-electron chi connectivity index (χ4n) is 1.86. The van der Waals surface area contributed by atoms with Gasteiger partial charge in [-0.25, -0.2) is 4.98 Å². The van der Waals surface area contributed by atoms with Gasteiger partial charge in [0.1, 0.15) is 17.1 Å². The van der Waals surface area contributed by atoms with Crippen LogP contribution in [0.25, 0.3) is 0 Å².